The van der Waals surface area contributed by atoms with Gasteiger partial charge in [0, 0.05) is 31.6 Å². The summed E-state index contributed by atoms with van der Waals surface area (Å²) >= 11 is 0. The summed E-state index contributed by atoms with van der Waals surface area (Å²) in [5.74, 6) is 0.617. The van der Waals surface area contributed by atoms with Crippen LogP contribution in [0.2, 0.25) is 0 Å². The van der Waals surface area contributed by atoms with Gasteiger partial charge in [0.2, 0.25) is 0 Å². The Bertz CT molecular complexity index is 271. The zero-order valence-electron chi connectivity index (χ0n) is 12.2. The molecule has 2 fully saturated rings. The van der Waals surface area contributed by atoms with Crippen LogP contribution in [0.4, 0.5) is 0 Å². The number of ether oxygens (including phenoxy) is 2. The van der Waals surface area contributed by atoms with Gasteiger partial charge in [-0.1, -0.05) is 6.92 Å². The highest BCUT2D eigenvalue weighted by Gasteiger charge is 2.35. The van der Waals surface area contributed by atoms with Crippen LogP contribution in [0.25, 0.3) is 0 Å². The van der Waals surface area contributed by atoms with Gasteiger partial charge in [-0.3, -0.25) is 4.90 Å². The molecule has 4 heteroatoms. The molecule has 2 aliphatic rings. The Kier molecular flexibility index (Phi) is 4.64. The average molecular weight is 256 g/mol. The Morgan fingerprint density at radius 1 is 1.33 bits per heavy atom. The standard InChI is InChI=1S/C14H28N2O2/c1-5-15-13-9-17-8-12(13)7-16-6-11(2)18-14(3,4)10-16/h11-13,15H,5-10H2,1-4H3. The van der Waals surface area contributed by atoms with Gasteiger partial charge in [0.25, 0.3) is 0 Å². The molecule has 0 aromatic rings. The number of morpholine rings is 1. The quantitative estimate of drug-likeness (QED) is 0.817. The summed E-state index contributed by atoms with van der Waals surface area (Å²) in [5, 5.41) is 3.53. The lowest BCUT2D eigenvalue weighted by Crippen LogP contribution is -2.54. The van der Waals surface area contributed by atoms with E-state index in [4.69, 9.17) is 9.47 Å². The van der Waals surface area contributed by atoms with Gasteiger partial charge < -0.3 is 14.8 Å². The van der Waals surface area contributed by atoms with Gasteiger partial charge in [-0.05, 0) is 27.3 Å². The van der Waals surface area contributed by atoms with Crippen LogP contribution in [0.3, 0.4) is 0 Å². The molecule has 2 rings (SSSR count). The summed E-state index contributed by atoms with van der Waals surface area (Å²) in [6.45, 7) is 14.7. The van der Waals surface area contributed by atoms with Crippen molar-refractivity contribution in [2.75, 3.05) is 39.4 Å². The fourth-order valence-corrected chi connectivity index (χ4v) is 3.32. The number of hydrogen-bond acceptors (Lipinski definition) is 4. The molecule has 0 spiro atoms. The summed E-state index contributed by atoms with van der Waals surface area (Å²) < 4.78 is 11.6. The molecule has 0 bridgehead atoms. The van der Waals surface area contributed by atoms with Crippen molar-refractivity contribution < 1.29 is 9.47 Å². The molecule has 2 saturated heterocycles. The van der Waals surface area contributed by atoms with Crippen molar-refractivity contribution >= 4 is 0 Å². The SMILES string of the molecule is CCNC1COCC1CN1CC(C)OC(C)(C)C1. The summed E-state index contributed by atoms with van der Waals surface area (Å²) in [5.41, 5.74) is -0.0230. The zero-order valence-corrected chi connectivity index (χ0v) is 12.2. The molecule has 3 unspecified atom stereocenters. The monoisotopic (exact) mass is 256 g/mol. The number of hydrogen-bond donors (Lipinski definition) is 1. The Morgan fingerprint density at radius 3 is 2.78 bits per heavy atom. The molecule has 3 atom stereocenters. The summed E-state index contributed by atoms with van der Waals surface area (Å²) in [4.78, 5) is 2.54. The first-order chi connectivity index (χ1) is 8.50. The van der Waals surface area contributed by atoms with E-state index in [0.717, 1.165) is 39.4 Å². The zero-order chi connectivity index (χ0) is 13.2. The maximum atomic E-state index is 5.95. The van der Waals surface area contributed by atoms with Gasteiger partial charge in [-0.2, -0.15) is 0 Å². The third-order valence-electron chi connectivity index (χ3n) is 3.80. The topological polar surface area (TPSA) is 33.7 Å². The van der Waals surface area contributed by atoms with Gasteiger partial charge >= 0.3 is 0 Å². The number of rotatable bonds is 4. The largest absolute Gasteiger partial charge is 0.379 e. The first-order valence-electron chi connectivity index (χ1n) is 7.21. The molecule has 0 aromatic carbocycles. The summed E-state index contributed by atoms with van der Waals surface area (Å²) in [7, 11) is 0. The summed E-state index contributed by atoms with van der Waals surface area (Å²) in [6, 6.07) is 0.524. The minimum Gasteiger partial charge on any atom is -0.379 e. The molecule has 2 heterocycles. The van der Waals surface area contributed by atoms with Crippen molar-refractivity contribution in [2.24, 2.45) is 5.92 Å². The highest BCUT2D eigenvalue weighted by molar-refractivity contribution is 4.88. The highest BCUT2D eigenvalue weighted by atomic mass is 16.5. The maximum Gasteiger partial charge on any atom is 0.0757 e. The van der Waals surface area contributed by atoms with E-state index in [1.165, 1.54) is 0 Å². The van der Waals surface area contributed by atoms with Crippen LogP contribution in [-0.2, 0) is 9.47 Å². The number of nitrogens with zero attached hydrogens (tertiary/aromatic N) is 1. The maximum absolute atomic E-state index is 5.95. The van der Waals surface area contributed by atoms with Crippen LogP contribution in [-0.4, -0.2) is 62.0 Å². The van der Waals surface area contributed by atoms with Crippen molar-refractivity contribution in [1.29, 1.82) is 0 Å². The van der Waals surface area contributed by atoms with Crippen LogP contribution in [0, 0.1) is 5.92 Å². The molecule has 0 aliphatic carbocycles. The van der Waals surface area contributed by atoms with Crippen LogP contribution in [0.1, 0.15) is 27.7 Å². The van der Waals surface area contributed by atoms with Crippen LogP contribution >= 0.6 is 0 Å². The summed E-state index contributed by atoms with van der Waals surface area (Å²) in [6.07, 6.45) is 0.327. The van der Waals surface area contributed by atoms with Crippen molar-refractivity contribution in [3.63, 3.8) is 0 Å². The van der Waals surface area contributed by atoms with E-state index in [2.05, 4.69) is 37.9 Å². The molecule has 4 nitrogen and oxygen atoms in total. The third kappa shape index (κ3) is 3.67. The smallest absolute Gasteiger partial charge is 0.0757 e. The van der Waals surface area contributed by atoms with Crippen LogP contribution < -0.4 is 5.32 Å². The van der Waals surface area contributed by atoms with Crippen LogP contribution in [0.5, 0.6) is 0 Å². The molecule has 0 radical (unpaired) electrons. The minimum atomic E-state index is -0.0230. The van der Waals surface area contributed by atoms with E-state index in [1.54, 1.807) is 0 Å². The molecular weight excluding hydrogens is 228 g/mol. The predicted molar refractivity (Wildman–Crippen MR) is 72.8 cm³/mol. The normalized spacial score (nSPS) is 37.0. The van der Waals surface area contributed by atoms with Crippen molar-refractivity contribution in [3.8, 4) is 0 Å². The lowest BCUT2D eigenvalue weighted by molar-refractivity contribution is -0.131. The molecule has 106 valence electrons. The molecular formula is C14H28N2O2. The number of likely N-dealkylation sites (N-methyl/N-ethyl adjacent to an activating group) is 1. The van der Waals surface area contributed by atoms with Gasteiger partial charge in [-0.25, -0.2) is 0 Å². The van der Waals surface area contributed by atoms with Crippen molar-refractivity contribution in [3.05, 3.63) is 0 Å². The second kappa shape index (κ2) is 5.87. The van der Waals surface area contributed by atoms with E-state index in [0.29, 0.717) is 18.1 Å². The van der Waals surface area contributed by atoms with Crippen molar-refractivity contribution in [2.45, 2.75) is 45.4 Å². The average Bonchev–Trinajstić information content (AvgIpc) is 2.63. The second-order valence-corrected chi connectivity index (χ2v) is 6.34. The first kappa shape index (κ1) is 14.3. The third-order valence-corrected chi connectivity index (χ3v) is 3.80. The minimum absolute atomic E-state index is 0.0230. The van der Waals surface area contributed by atoms with E-state index >= 15 is 0 Å². The van der Waals surface area contributed by atoms with Crippen LogP contribution in [0.15, 0.2) is 0 Å². The Morgan fingerprint density at radius 2 is 2.11 bits per heavy atom. The lowest BCUT2D eigenvalue weighted by atomic mass is 9.99. The van der Waals surface area contributed by atoms with E-state index in [9.17, 15) is 0 Å². The Balaban J connectivity index is 1.88. The van der Waals surface area contributed by atoms with Gasteiger partial charge in [0.05, 0.1) is 24.9 Å². The first-order valence-corrected chi connectivity index (χ1v) is 7.21. The lowest BCUT2D eigenvalue weighted by Gasteiger charge is -2.43. The fourth-order valence-electron chi connectivity index (χ4n) is 3.32. The Labute approximate surface area is 111 Å². The Hall–Kier alpha value is -0.160. The molecule has 0 aromatic heterocycles. The van der Waals surface area contributed by atoms with E-state index in [1.807, 2.05) is 0 Å². The van der Waals surface area contributed by atoms with Gasteiger partial charge in [0.1, 0.15) is 0 Å². The molecule has 18 heavy (non-hydrogen) atoms. The molecule has 0 saturated carbocycles. The molecule has 2 aliphatic heterocycles. The van der Waals surface area contributed by atoms with Crippen molar-refractivity contribution in [1.82, 2.24) is 10.2 Å². The molecule has 1 N–H and O–H groups in total. The van der Waals surface area contributed by atoms with E-state index < -0.39 is 0 Å². The van der Waals surface area contributed by atoms with Gasteiger partial charge in [-0.15, -0.1) is 0 Å². The predicted octanol–water partition coefficient (Wildman–Crippen LogP) is 1.11. The number of nitrogens with one attached hydrogen (secondary N) is 1. The van der Waals surface area contributed by atoms with Gasteiger partial charge in [0.15, 0.2) is 0 Å². The fraction of sp³-hybridized carbons (Fsp3) is 1.00. The second-order valence-electron chi connectivity index (χ2n) is 6.34. The molecule has 0 amide bonds. The highest BCUT2D eigenvalue weighted by Crippen LogP contribution is 2.23. The van der Waals surface area contributed by atoms with E-state index in [-0.39, 0.29) is 5.60 Å².